The summed E-state index contributed by atoms with van der Waals surface area (Å²) in [5.74, 6) is -0.473. The van der Waals surface area contributed by atoms with Gasteiger partial charge in [-0.05, 0) is 62.8 Å². The third-order valence-electron chi connectivity index (χ3n) is 6.36. The van der Waals surface area contributed by atoms with E-state index in [1.54, 1.807) is 4.90 Å². The summed E-state index contributed by atoms with van der Waals surface area (Å²) in [7, 11) is 0. The number of hydrogen-bond acceptors (Lipinski definition) is 6. The summed E-state index contributed by atoms with van der Waals surface area (Å²) in [6.07, 6.45) is 3.85. The molecule has 178 valence electrons. The Bertz CT molecular complexity index is 1440. The molecule has 0 spiro atoms. The number of aryl methyl sites for hydroxylation is 3. The quantitative estimate of drug-likeness (QED) is 0.313. The van der Waals surface area contributed by atoms with E-state index in [9.17, 15) is 9.59 Å². The second-order valence-electron chi connectivity index (χ2n) is 8.98. The molecule has 6 nitrogen and oxygen atoms in total. The predicted octanol–water partition coefficient (Wildman–Crippen LogP) is 6.23. The van der Waals surface area contributed by atoms with Gasteiger partial charge in [0.15, 0.2) is 5.13 Å². The van der Waals surface area contributed by atoms with Gasteiger partial charge in [0, 0.05) is 23.4 Å². The molecule has 0 radical (unpaired) electrons. The molecule has 1 aliphatic rings. The fourth-order valence-corrected chi connectivity index (χ4v) is 5.61. The smallest absolute Gasteiger partial charge is 0.339 e. The molecule has 0 unspecified atom stereocenters. The van der Waals surface area contributed by atoms with Gasteiger partial charge in [0.1, 0.15) is 6.61 Å². The normalized spacial score (nSPS) is 12.9. The number of benzene rings is 2. The van der Waals surface area contributed by atoms with Crippen LogP contribution in [0.4, 0.5) is 10.8 Å². The van der Waals surface area contributed by atoms with Crippen molar-refractivity contribution in [3.05, 3.63) is 81.5 Å². The van der Waals surface area contributed by atoms with Gasteiger partial charge in [-0.2, -0.15) is 0 Å². The van der Waals surface area contributed by atoms with Crippen molar-refractivity contribution in [2.45, 2.75) is 53.1 Å². The fraction of sp³-hybridized carbons (Fsp3) is 0.286. The first-order valence-corrected chi connectivity index (χ1v) is 12.7. The predicted molar refractivity (Wildman–Crippen MR) is 138 cm³/mol. The zero-order chi connectivity index (χ0) is 24.5. The summed E-state index contributed by atoms with van der Waals surface area (Å²) in [5.41, 5.74) is 7.01. The average molecular weight is 486 g/mol. The first-order chi connectivity index (χ1) is 16.9. The SMILES string of the molecule is CC(=O)N(c1nc(COC(=O)c2c3c(nc4ccccc24)CCCC3)cs1)c1ccc(C)cc1C. The van der Waals surface area contributed by atoms with E-state index in [0.717, 1.165) is 64.7 Å². The molecule has 0 aliphatic heterocycles. The standard InChI is InChI=1S/C28H27N3O3S/c1-17-12-13-25(18(2)14-17)31(19(3)32)28-29-20(16-35-28)15-34-27(33)26-21-8-4-6-10-23(21)30-24-11-7-5-9-22(24)26/h4,6,8,10,12-14,16H,5,7,9,11,15H2,1-3H3. The molecule has 0 bridgehead atoms. The molecule has 1 aliphatic carbocycles. The van der Waals surface area contributed by atoms with Crippen molar-refractivity contribution in [2.24, 2.45) is 0 Å². The van der Waals surface area contributed by atoms with Crippen LogP contribution in [-0.4, -0.2) is 21.8 Å². The Morgan fingerprint density at radius 3 is 2.66 bits per heavy atom. The van der Waals surface area contributed by atoms with Crippen molar-refractivity contribution in [3.8, 4) is 0 Å². The number of rotatable bonds is 5. The number of nitrogens with zero attached hydrogens (tertiary/aromatic N) is 3. The maximum absolute atomic E-state index is 13.3. The number of fused-ring (bicyclic) bond motifs is 2. The Labute approximate surface area is 208 Å². The fourth-order valence-electron chi connectivity index (χ4n) is 4.75. The molecule has 2 aromatic carbocycles. The number of ether oxygens (including phenoxy) is 1. The van der Waals surface area contributed by atoms with Crippen LogP contribution in [-0.2, 0) is 29.0 Å². The summed E-state index contributed by atoms with van der Waals surface area (Å²) in [5, 5.41) is 3.22. The lowest BCUT2D eigenvalue weighted by molar-refractivity contribution is -0.115. The van der Waals surface area contributed by atoms with Gasteiger partial charge in [0.25, 0.3) is 0 Å². The third-order valence-corrected chi connectivity index (χ3v) is 7.24. The number of amides is 1. The minimum absolute atomic E-state index is 0.0411. The Morgan fingerprint density at radius 2 is 1.86 bits per heavy atom. The molecular weight excluding hydrogens is 458 g/mol. The number of para-hydroxylation sites is 1. The lowest BCUT2D eigenvalue weighted by Crippen LogP contribution is -2.23. The molecule has 0 fully saturated rings. The van der Waals surface area contributed by atoms with Gasteiger partial charge in [-0.3, -0.25) is 14.7 Å². The number of carbonyl (C=O) groups excluding carboxylic acids is 2. The number of hydrogen-bond donors (Lipinski definition) is 0. The van der Waals surface area contributed by atoms with E-state index < -0.39 is 0 Å². The van der Waals surface area contributed by atoms with Crippen LogP contribution in [0.25, 0.3) is 10.9 Å². The van der Waals surface area contributed by atoms with Crippen LogP contribution in [0.1, 0.15) is 58.2 Å². The minimum Gasteiger partial charge on any atom is -0.456 e. The second-order valence-corrected chi connectivity index (χ2v) is 9.81. The first kappa shape index (κ1) is 23.2. The lowest BCUT2D eigenvalue weighted by atomic mass is 9.90. The molecular formula is C28H27N3O3S. The number of anilines is 2. The van der Waals surface area contributed by atoms with Crippen molar-refractivity contribution in [1.82, 2.24) is 9.97 Å². The maximum atomic E-state index is 13.3. The minimum atomic E-state index is -0.353. The summed E-state index contributed by atoms with van der Waals surface area (Å²) < 4.78 is 5.76. The van der Waals surface area contributed by atoms with Gasteiger partial charge >= 0.3 is 5.97 Å². The number of carbonyl (C=O) groups is 2. The van der Waals surface area contributed by atoms with Gasteiger partial charge in [0.2, 0.25) is 5.91 Å². The topological polar surface area (TPSA) is 72.4 Å². The highest BCUT2D eigenvalue weighted by Crippen LogP contribution is 2.33. The number of esters is 1. The highest BCUT2D eigenvalue weighted by Gasteiger charge is 2.24. The number of aromatic nitrogens is 2. The molecule has 0 saturated heterocycles. The van der Waals surface area contributed by atoms with Crippen LogP contribution in [0.15, 0.2) is 47.8 Å². The lowest BCUT2D eigenvalue weighted by Gasteiger charge is -2.20. The van der Waals surface area contributed by atoms with Gasteiger partial charge in [-0.1, -0.05) is 35.9 Å². The van der Waals surface area contributed by atoms with E-state index in [2.05, 4.69) is 4.98 Å². The molecule has 0 N–H and O–H groups in total. The molecule has 7 heteroatoms. The van der Waals surface area contributed by atoms with Crippen LogP contribution in [0.2, 0.25) is 0 Å². The van der Waals surface area contributed by atoms with Crippen molar-refractivity contribution in [3.63, 3.8) is 0 Å². The summed E-state index contributed by atoms with van der Waals surface area (Å²) >= 11 is 1.36. The Hall–Kier alpha value is -3.58. The molecule has 1 amide bonds. The molecule has 0 atom stereocenters. The van der Waals surface area contributed by atoms with Crippen LogP contribution in [0.5, 0.6) is 0 Å². The molecule has 2 heterocycles. The zero-order valence-corrected chi connectivity index (χ0v) is 20.9. The second kappa shape index (κ2) is 9.58. The van der Waals surface area contributed by atoms with Crippen molar-refractivity contribution >= 4 is 44.9 Å². The van der Waals surface area contributed by atoms with E-state index in [1.807, 2.05) is 61.7 Å². The number of thiazole rings is 1. The third kappa shape index (κ3) is 4.56. The van der Waals surface area contributed by atoms with Crippen LogP contribution >= 0.6 is 11.3 Å². The Kier molecular flexibility index (Phi) is 6.34. The van der Waals surface area contributed by atoms with E-state index in [-0.39, 0.29) is 18.5 Å². The van der Waals surface area contributed by atoms with E-state index in [1.165, 1.54) is 18.3 Å². The molecule has 4 aromatic rings. The van der Waals surface area contributed by atoms with Crippen LogP contribution < -0.4 is 4.90 Å². The van der Waals surface area contributed by atoms with Crippen molar-refractivity contribution in [2.75, 3.05) is 4.90 Å². The Balaban J connectivity index is 1.40. The zero-order valence-electron chi connectivity index (χ0n) is 20.1. The van der Waals surface area contributed by atoms with E-state index >= 15 is 0 Å². The molecule has 0 saturated carbocycles. The van der Waals surface area contributed by atoms with Gasteiger partial charge in [0.05, 0.1) is 22.5 Å². The first-order valence-electron chi connectivity index (χ1n) is 11.8. The van der Waals surface area contributed by atoms with E-state index in [0.29, 0.717) is 16.4 Å². The molecule has 5 rings (SSSR count). The van der Waals surface area contributed by atoms with E-state index in [4.69, 9.17) is 9.72 Å². The van der Waals surface area contributed by atoms with Crippen molar-refractivity contribution in [1.29, 1.82) is 0 Å². The molecule has 2 aromatic heterocycles. The van der Waals surface area contributed by atoms with Crippen LogP contribution in [0, 0.1) is 13.8 Å². The average Bonchev–Trinajstić information content (AvgIpc) is 3.30. The highest BCUT2D eigenvalue weighted by molar-refractivity contribution is 7.14. The number of pyridine rings is 1. The summed E-state index contributed by atoms with van der Waals surface area (Å²) in [4.78, 5) is 36.8. The highest BCUT2D eigenvalue weighted by atomic mass is 32.1. The van der Waals surface area contributed by atoms with Gasteiger partial charge < -0.3 is 4.74 Å². The van der Waals surface area contributed by atoms with Crippen molar-refractivity contribution < 1.29 is 14.3 Å². The summed E-state index contributed by atoms with van der Waals surface area (Å²) in [6.45, 7) is 5.57. The summed E-state index contributed by atoms with van der Waals surface area (Å²) in [6, 6.07) is 13.7. The van der Waals surface area contributed by atoms with Gasteiger partial charge in [-0.15, -0.1) is 11.3 Å². The largest absolute Gasteiger partial charge is 0.456 e. The monoisotopic (exact) mass is 485 g/mol. The maximum Gasteiger partial charge on any atom is 0.339 e. The van der Waals surface area contributed by atoms with Crippen LogP contribution in [0.3, 0.4) is 0 Å². The van der Waals surface area contributed by atoms with Gasteiger partial charge in [-0.25, -0.2) is 9.78 Å². The molecule has 35 heavy (non-hydrogen) atoms. The Morgan fingerprint density at radius 1 is 1.06 bits per heavy atom.